The largest absolute Gasteiger partial charge is 0.460 e. The van der Waals surface area contributed by atoms with Gasteiger partial charge in [0.1, 0.15) is 6.10 Å². The van der Waals surface area contributed by atoms with Crippen LogP contribution in [0.25, 0.3) is 0 Å². The lowest BCUT2D eigenvalue weighted by molar-refractivity contribution is -0.0670. The number of nitrogens with two attached hydrogens (primary N) is 1. The minimum atomic E-state index is -0.404. The zero-order chi connectivity index (χ0) is 18.9. The Morgan fingerprint density at radius 1 is 1.04 bits per heavy atom. The third kappa shape index (κ3) is 2.76. The molecule has 5 nitrogen and oxygen atoms in total. The molecule has 1 aromatic heterocycles. The van der Waals surface area contributed by atoms with E-state index in [2.05, 4.69) is 4.98 Å². The summed E-state index contributed by atoms with van der Waals surface area (Å²) < 4.78 is 6.04. The molecule has 7 rings (SSSR count). The Balaban J connectivity index is 1.27. The smallest absolute Gasteiger partial charge is 0.316 e. The lowest BCUT2D eigenvalue weighted by Crippen LogP contribution is -2.47. The summed E-state index contributed by atoms with van der Waals surface area (Å²) in [6.45, 7) is 0. The second kappa shape index (κ2) is 6.17. The number of primary amides is 1. The van der Waals surface area contributed by atoms with Crippen LogP contribution in [-0.2, 0) is 0 Å². The van der Waals surface area contributed by atoms with Crippen LogP contribution in [0.4, 0.5) is 0 Å². The van der Waals surface area contributed by atoms with Gasteiger partial charge in [-0.25, -0.2) is 4.98 Å². The number of amides is 1. The molecule has 4 bridgehead atoms. The normalized spacial score (nSPS) is 41.4. The molecule has 0 saturated heterocycles. The monoisotopic (exact) mass is 381 g/mol. The molecule has 0 radical (unpaired) electrons. The average Bonchev–Trinajstić information content (AvgIpc) is 3.31. The summed E-state index contributed by atoms with van der Waals surface area (Å²) in [5.74, 6) is 3.50. The molecule has 2 atom stereocenters. The van der Waals surface area contributed by atoms with Gasteiger partial charge in [-0.3, -0.25) is 4.79 Å². The molecule has 6 saturated carbocycles. The van der Waals surface area contributed by atoms with Gasteiger partial charge < -0.3 is 10.5 Å². The van der Waals surface area contributed by atoms with Crippen molar-refractivity contribution < 1.29 is 9.53 Å². The van der Waals surface area contributed by atoms with E-state index in [0.29, 0.717) is 28.8 Å². The molecule has 5 heteroatoms. The van der Waals surface area contributed by atoms with Crippen molar-refractivity contribution in [1.29, 1.82) is 0 Å². The number of hydrogen-bond donors (Lipinski definition) is 1. The number of carbonyl (C=O) groups excluding carboxylic acids is 1. The number of rotatable bonds is 5. The van der Waals surface area contributed by atoms with E-state index in [1.54, 1.807) is 6.20 Å². The number of carbonyl (C=O) groups is 1. The molecular formula is C23H31N3O2. The Morgan fingerprint density at radius 2 is 1.68 bits per heavy atom. The summed E-state index contributed by atoms with van der Waals surface area (Å²) in [5, 5.41) is 0. The minimum Gasteiger partial charge on any atom is -0.460 e. The van der Waals surface area contributed by atoms with E-state index in [-0.39, 0.29) is 6.10 Å². The van der Waals surface area contributed by atoms with Crippen molar-refractivity contribution in [1.82, 2.24) is 9.97 Å². The Morgan fingerprint density at radius 3 is 2.29 bits per heavy atom. The van der Waals surface area contributed by atoms with Crippen LogP contribution >= 0.6 is 0 Å². The predicted molar refractivity (Wildman–Crippen MR) is 105 cm³/mol. The van der Waals surface area contributed by atoms with Gasteiger partial charge in [-0.1, -0.05) is 0 Å². The van der Waals surface area contributed by atoms with Crippen molar-refractivity contribution in [3.8, 4) is 6.01 Å². The van der Waals surface area contributed by atoms with Crippen molar-refractivity contribution in [2.75, 3.05) is 0 Å². The highest BCUT2D eigenvalue weighted by molar-refractivity contribution is 5.93. The second-order valence-corrected chi connectivity index (χ2v) is 10.6. The molecule has 1 amide bonds. The summed E-state index contributed by atoms with van der Waals surface area (Å²) in [6.07, 6.45) is 16.2. The Hall–Kier alpha value is -1.65. The fraction of sp³-hybridized carbons (Fsp3) is 0.783. The molecule has 0 aliphatic heterocycles. The first-order valence-electron chi connectivity index (χ1n) is 11.4. The molecule has 2 unspecified atom stereocenters. The van der Waals surface area contributed by atoms with E-state index < -0.39 is 5.91 Å². The summed E-state index contributed by atoms with van der Waals surface area (Å²) in [6, 6.07) is 0.447. The second-order valence-electron chi connectivity index (χ2n) is 10.6. The molecule has 0 aromatic carbocycles. The van der Waals surface area contributed by atoms with Gasteiger partial charge in [-0.05, 0) is 99.7 Å². The van der Waals surface area contributed by atoms with Gasteiger partial charge in [0.05, 0.1) is 11.3 Å². The Bertz CT molecular complexity index is 766. The van der Waals surface area contributed by atoms with E-state index in [1.165, 1.54) is 51.4 Å². The Kier molecular flexibility index (Phi) is 3.80. The van der Waals surface area contributed by atoms with Crippen LogP contribution < -0.4 is 10.5 Å². The lowest BCUT2D eigenvalue weighted by Gasteiger charge is -2.57. The molecule has 6 fully saturated rings. The highest BCUT2D eigenvalue weighted by Gasteiger charge is 2.61. The standard InChI is InChI=1S/C23H31N3O2/c24-21(27)18-12-25-22(28-16-3-1-2-4-16)26-20(18)17-8-19(17)23-9-13-5-14(10-23)7-15(6-13)11-23/h12-17,19H,1-11H2,(H2,24,27). The summed E-state index contributed by atoms with van der Waals surface area (Å²) in [4.78, 5) is 21.1. The molecule has 150 valence electrons. The van der Waals surface area contributed by atoms with Gasteiger partial charge in [0.2, 0.25) is 0 Å². The maximum Gasteiger partial charge on any atom is 0.316 e. The van der Waals surface area contributed by atoms with Crippen molar-refractivity contribution in [2.45, 2.75) is 82.7 Å². The van der Waals surface area contributed by atoms with Crippen LogP contribution in [0.3, 0.4) is 0 Å². The molecular weight excluding hydrogens is 350 g/mol. The summed E-state index contributed by atoms with van der Waals surface area (Å²) >= 11 is 0. The maximum atomic E-state index is 12.1. The highest BCUT2D eigenvalue weighted by Crippen LogP contribution is 2.70. The Labute approximate surface area is 166 Å². The molecule has 1 heterocycles. The van der Waals surface area contributed by atoms with Gasteiger partial charge in [-0.15, -0.1) is 0 Å². The molecule has 28 heavy (non-hydrogen) atoms. The first kappa shape index (κ1) is 17.2. The van der Waals surface area contributed by atoms with E-state index in [4.69, 9.17) is 15.5 Å². The zero-order valence-electron chi connectivity index (χ0n) is 16.6. The quantitative estimate of drug-likeness (QED) is 0.828. The summed E-state index contributed by atoms with van der Waals surface area (Å²) in [5.41, 5.74) is 7.57. The average molecular weight is 382 g/mol. The number of ether oxygens (including phenoxy) is 1. The highest BCUT2D eigenvalue weighted by atomic mass is 16.5. The molecule has 0 spiro atoms. The van der Waals surface area contributed by atoms with E-state index in [1.807, 2.05) is 0 Å². The van der Waals surface area contributed by atoms with Crippen molar-refractivity contribution in [2.24, 2.45) is 34.8 Å². The van der Waals surface area contributed by atoms with E-state index in [0.717, 1.165) is 42.7 Å². The third-order valence-corrected chi connectivity index (χ3v) is 8.65. The minimum absolute atomic E-state index is 0.227. The third-order valence-electron chi connectivity index (χ3n) is 8.65. The number of hydrogen-bond acceptors (Lipinski definition) is 4. The summed E-state index contributed by atoms with van der Waals surface area (Å²) in [7, 11) is 0. The number of nitrogens with zero attached hydrogens (tertiary/aromatic N) is 2. The van der Waals surface area contributed by atoms with Gasteiger partial charge in [0.25, 0.3) is 5.91 Å². The fourth-order valence-electron chi connectivity index (χ4n) is 7.87. The van der Waals surface area contributed by atoms with Crippen molar-refractivity contribution >= 4 is 5.91 Å². The van der Waals surface area contributed by atoms with Gasteiger partial charge >= 0.3 is 6.01 Å². The first-order chi connectivity index (χ1) is 13.6. The SMILES string of the molecule is NC(=O)c1cnc(OC2CCCC2)nc1C1CC1C12CC3CC(CC(C3)C1)C2. The predicted octanol–water partition coefficient (Wildman–Crippen LogP) is 4.22. The fourth-order valence-corrected chi connectivity index (χ4v) is 7.87. The van der Waals surface area contributed by atoms with Crippen LogP contribution in [-0.4, -0.2) is 22.0 Å². The lowest BCUT2D eigenvalue weighted by atomic mass is 9.48. The van der Waals surface area contributed by atoms with Crippen LogP contribution in [0.15, 0.2) is 6.20 Å². The molecule has 2 N–H and O–H groups in total. The zero-order valence-corrected chi connectivity index (χ0v) is 16.6. The van der Waals surface area contributed by atoms with Crippen LogP contribution in [0.1, 0.15) is 92.6 Å². The van der Waals surface area contributed by atoms with Gasteiger partial charge in [0.15, 0.2) is 0 Å². The van der Waals surface area contributed by atoms with Crippen LogP contribution in [0, 0.1) is 29.1 Å². The molecule has 1 aromatic rings. The van der Waals surface area contributed by atoms with Gasteiger partial charge in [-0.2, -0.15) is 4.98 Å². The van der Waals surface area contributed by atoms with Crippen LogP contribution in [0.2, 0.25) is 0 Å². The van der Waals surface area contributed by atoms with Gasteiger partial charge in [0, 0.05) is 12.1 Å². The molecule has 6 aliphatic rings. The first-order valence-corrected chi connectivity index (χ1v) is 11.4. The van der Waals surface area contributed by atoms with E-state index in [9.17, 15) is 4.79 Å². The van der Waals surface area contributed by atoms with Crippen molar-refractivity contribution in [3.05, 3.63) is 17.5 Å². The van der Waals surface area contributed by atoms with Crippen LogP contribution in [0.5, 0.6) is 6.01 Å². The topological polar surface area (TPSA) is 78.1 Å². The maximum absolute atomic E-state index is 12.1. The van der Waals surface area contributed by atoms with E-state index >= 15 is 0 Å². The molecule has 6 aliphatic carbocycles. The number of aromatic nitrogens is 2. The van der Waals surface area contributed by atoms with Crippen molar-refractivity contribution in [3.63, 3.8) is 0 Å².